The van der Waals surface area contributed by atoms with Crippen molar-refractivity contribution in [1.82, 2.24) is 4.90 Å². The van der Waals surface area contributed by atoms with E-state index in [2.05, 4.69) is 57.1 Å². The van der Waals surface area contributed by atoms with Crippen LogP contribution in [0.5, 0.6) is 0 Å². The lowest BCUT2D eigenvalue weighted by atomic mass is 9.80. The zero-order chi connectivity index (χ0) is 33.7. The summed E-state index contributed by atoms with van der Waals surface area (Å²) in [6.07, 6.45) is 56.7. The Kier molecular flexibility index (Phi) is 47.0. The van der Waals surface area contributed by atoms with Crippen LogP contribution in [0.1, 0.15) is 232 Å². The van der Waals surface area contributed by atoms with Crippen molar-refractivity contribution in [3.05, 3.63) is 24.3 Å². The fourth-order valence-corrected chi connectivity index (χ4v) is 7.22. The van der Waals surface area contributed by atoms with Gasteiger partial charge in [0.25, 0.3) is 0 Å². The SMILES string of the molecule is CCCCCCCC/C=C\CCCCCCCCC(CCCCCN)(CCCCCCCC/C=C\CCCCCCCC)N(C)C.Cl.Cl. The second-order valence-electron chi connectivity index (χ2n) is 15.1. The van der Waals surface area contributed by atoms with Crippen molar-refractivity contribution in [1.29, 1.82) is 0 Å². The molecule has 0 aromatic rings. The molecule has 0 saturated heterocycles. The first-order valence-electron chi connectivity index (χ1n) is 21.3. The Bertz CT molecular complexity index is 591. The normalized spacial score (nSPS) is 12.0. The molecule has 290 valence electrons. The van der Waals surface area contributed by atoms with Crippen LogP contribution < -0.4 is 5.73 Å². The summed E-state index contributed by atoms with van der Waals surface area (Å²) in [6.45, 7) is 5.44. The maximum Gasteiger partial charge on any atom is 0.0203 e. The summed E-state index contributed by atoms with van der Waals surface area (Å²) in [5.41, 5.74) is 6.22. The van der Waals surface area contributed by atoms with Crippen LogP contribution in [0.3, 0.4) is 0 Å². The van der Waals surface area contributed by atoms with Gasteiger partial charge in [0, 0.05) is 5.54 Å². The van der Waals surface area contributed by atoms with Gasteiger partial charge < -0.3 is 10.6 Å². The molecule has 0 aromatic heterocycles. The van der Waals surface area contributed by atoms with E-state index >= 15 is 0 Å². The van der Waals surface area contributed by atoms with Gasteiger partial charge in [-0.25, -0.2) is 0 Å². The molecule has 0 saturated carbocycles. The van der Waals surface area contributed by atoms with E-state index in [0.717, 1.165) is 6.54 Å². The second kappa shape index (κ2) is 43.1. The number of nitrogens with two attached hydrogens (primary N) is 1. The Balaban J connectivity index is -0.0000101. The van der Waals surface area contributed by atoms with Gasteiger partial charge in [0.15, 0.2) is 0 Å². The van der Waals surface area contributed by atoms with Crippen molar-refractivity contribution in [2.45, 2.75) is 238 Å². The zero-order valence-electron chi connectivity index (χ0n) is 33.4. The minimum atomic E-state index is 0. The molecule has 0 heterocycles. The van der Waals surface area contributed by atoms with Crippen LogP contribution in [-0.4, -0.2) is 31.1 Å². The lowest BCUT2D eigenvalue weighted by molar-refractivity contribution is 0.104. The van der Waals surface area contributed by atoms with Gasteiger partial charge in [0.2, 0.25) is 0 Å². The molecule has 0 aliphatic carbocycles. The van der Waals surface area contributed by atoms with Gasteiger partial charge >= 0.3 is 0 Å². The quantitative estimate of drug-likeness (QED) is 0.0509. The third kappa shape index (κ3) is 35.8. The summed E-state index contributed by atoms with van der Waals surface area (Å²) in [4.78, 5) is 2.62. The van der Waals surface area contributed by atoms with Crippen LogP contribution in [0.25, 0.3) is 0 Å². The highest BCUT2D eigenvalue weighted by Crippen LogP contribution is 2.33. The average Bonchev–Trinajstić information content (AvgIpc) is 3.05. The number of nitrogens with zero attached hydrogens (tertiary/aromatic N) is 1. The Morgan fingerprint density at radius 2 is 0.625 bits per heavy atom. The molecule has 48 heavy (non-hydrogen) atoms. The summed E-state index contributed by atoms with van der Waals surface area (Å²) >= 11 is 0. The molecule has 4 heteroatoms. The Hall–Kier alpha value is -0.0200. The van der Waals surface area contributed by atoms with Crippen molar-refractivity contribution in [3.63, 3.8) is 0 Å². The molecule has 0 amide bonds. The maximum atomic E-state index is 5.83. The number of rotatable bonds is 38. The molecular weight excluding hydrogens is 627 g/mol. The molecule has 0 spiro atoms. The largest absolute Gasteiger partial charge is 0.330 e. The summed E-state index contributed by atoms with van der Waals surface area (Å²) in [6, 6.07) is 0. The third-order valence-corrected chi connectivity index (χ3v) is 10.6. The predicted molar refractivity (Wildman–Crippen MR) is 227 cm³/mol. The van der Waals surface area contributed by atoms with Gasteiger partial charge in [-0.2, -0.15) is 0 Å². The number of hydrogen-bond donors (Lipinski definition) is 1. The van der Waals surface area contributed by atoms with Gasteiger partial charge in [-0.3, -0.25) is 0 Å². The van der Waals surface area contributed by atoms with Crippen molar-refractivity contribution < 1.29 is 0 Å². The average molecular weight is 718 g/mol. The van der Waals surface area contributed by atoms with E-state index in [4.69, 9.17) is 5.73 Å². The lowest BCUT2D eigenvalue weighted by Gasteiger charge is -2.41. The third-order valence-electron chi connectivity index (χ3n) is 10.6. The molecule has 0 radical (unpaired) electrons. The molecule has 0 bridgehead atoms. The lowest BCUT2D eigenvalue weighted by Crippen LogP contribution is -2.44. The molecular formula is C44H90Cl2N2. The van der Waals surface area contributed by atoms with E-state index in [1.54, 1.807) is 0 Å². The van der Waals surface area contributed by atoms with E-state index < -0.39 is 0 Å². The number of halogens is 2. The summed E-state index contributed by atoms with van der Waals surface area (Å²) in [5, 5.41) is 0. The zero-order valence-corrected chi connectivity index (χ0v) is 35.0. The number of allylic oxidation sites excluding steroid dienone is 4. The molecule has 0 atom stereocenters. The molecule has 0 aromatic carbocycles. The van der Waals surface area contributed by atoms with Crippen LogP contribution in [0.4, 0.5) is 0 Å². The van der Waals surface area contributed by atoms with Crippen LogP contribution >= 0.6 is 24.8 Å². The van der Waals surface area contributed by atoms with Gasteiger partial charge in [-0.1, -0.05) is 179 Å². The fraction of sp³-hybridized carbons (Fsp3) is 0.909. The fourth-order valence-electron chi connectivity index (χ4n) is 7.22. The van der Waals surface area contributed by atoms with E-state index in [0.29, 0.717) is 5.54 Å². The number of hydrogen-bond acceptors (Lipinski definition) is 2. The maximum absolute atomic E-state index is 5.83. The monoisotopic (exact) mass is 717 g/mol. The topological polar surface area (TPSA) is 29.3 Å². The van der Waals surface area contributed by atoms with Crippen molar-refractivity contribution >= 4 is 24.8 Å². The summed E-state index contributed by atoms with van der Waals surface area (Å²) in [7, 11) is 4.73. The van der Waals surface area contributed by atoms with Gasteiger partial charge in [0.1, 0.15) is 0 Å². The van der Waals surface area contributed by atoms with Gasteiger partial charge in [0.05, 0.1) is 0 Å². The first-order valence-corrected chi connectivity index (χ1v) is 21.3. The standard InChI is InChI=1S/C44H88N2.2ClH/c1-5-7-9-11-13-15-17-19-21-23-25-27-29-31-33-36-40-44(46(3)4,42-38-35-39-43-45)41-37-34-32-30-28-26-24-22-20-18-16-14-12-10-8-6-2;;/h19-22H,5-18,23-43,45H2,1-4H3;2*1H/b21-19-,22-20-;;. The molecule has 0 aliphatic heterocycles. The molecule has 0 rings (SSSR count). The van der Waals surface area contributed by atoms with Crippen molar-refractivity contribution in [3.8, 4) is 0 Å². The minimum absolute atomic E-state index is 0. The van der Waals surface area contributed by atoms with Crippen LogP contribution in [-0.2, 0) is 0 Å². The second-order valence-corrected chi connectivity index (χ2v) is 15.1. The van der Waals surface area contributed by atoms with Gasteiger partial charge in [-0.15, -0.1) is 24.8 Å². The van der Waals surface area contributed by atoms with Crippen LogP contribution in [0.15, 0.2) is 24.3 Å². The Labute approximate surface area is 316 Å². The van der Waals surface area contributed by atoms with E-state index in [1.807, 2.05) is 0 Å². The van der Waals surface area contributed by atoms with Gasteiger partial charge in [-0.05, 0) is 97.7 Å². The number of unbranched alkanes of at least 4 members (excludes halogenated alkanes) is 26. The van der Waals surface area contributed by atoms with Crippen molar-refractivity contribution in [2.24, 2.45) is 5.73 Å². The molecule has 2 N–H and O–H groups in total. The predicted octanol–water partition coefficient (Wildman–Crippen LogP) is 15.5. The van der Waals surface area contributed by atoms with E-state index in [-0.39, 0.29) is 24.8 Å². The summed E-state index contributed by atoms with van der Waals surface area (Å²) in [5.74, 6) is 0. The van der Waals surface area contributed by atoms with Crippen LogP contribution in [0, 0.1) is 0 Å². The Morgan fingerprint density at radius 1 is 0.375 bits per heavy atom. The molecule has 0 fully saturated rings. The van der Waals surface area contributed by atoms with E-state index in [1.165, 1.54) is 218 Å². The first-order chi connectivity index (χ1) is 22.6. The molecule has 2 nitrogen and oxygen atoms in total. The molecule has 0 unspecified atom stereocenters. The Morgan fingerprint density at radius 3 is 0.896 bits per heavy atom. The highest BCUT2D eigenvalue weighted by atomic mass is 35.5. The molecule has 0 aliphatic rings. The van der Waals surface area contributed by atoms with Crippen LogP contribution in [0.2, 0.25) is 0 Å². The minimum Gasteiger partial charge on any atom is -0.330 e. The van der Waals surface area contributed by atoms with Crippen molar-refractivity contribution in [2.75, 3.05) is 20.6 Å². The smallest absolute Gasteiger partial charge is 0.0203 e. The van der Waals surface area contributed by atoms with E-state index in [9.17, 15) is 0 Å². The highest BCUT2D eigenvalue weighted by Gasteiger charge is 2.30. The highest BCUT2D eigenvalue weighted by molar-refractivity contribution is 5.85. The summed E-state index contributed by atoms with van der Waals surface area (Å²) < 4.78 is 0. The first kappa shape index (κ1) is 52.3.